The second-order valence-electron chi connectivity index (χ2n) is 6.46. The number of rotatable bonds is 7. The molecule has 0 atom stereocenters. The highest BCUT2D eigenvalue weighted by atomic mass is 16.5. The van der Waals surface area contributed by atoms with Crippen LogP contribution in [0.4, 0.5) is 10.6 Å². The molecule has 0 radical (unpaired) electrons. The molecule has 1 fully saturated rings. The first kappa shape index (κ1) is 18.2. The summed E-state index contributed by atoms with van der Waals surface area (Å²) < 4.78 is 5.19. The van der Waals surface area contributed by atoms with Crippen molar-refractivity contribution in [2.45, 2.75) is 32.5 Å². The van der Waals surface area contributed by atoms with Gasteiger partial charge in [0.15, 0.2) is 0 Å². The molecule has 1 saturated heterocycles. The largest absolute Gasteiger partial charge is 0.380 e. The maximum absolute atomic E-state index is 12.1. The minimum absolute atomic E-state index is 0.194. The number of carbonyl (C=O) groups excluding carboxylic acids is 1. The van der Waals surface area contributed by atoms with Gasteiger partial charge in [-0.2, -0.15) is 0 Å². The van der Waals surface area contributed by atoms with Crippen molar-refractivity contribution in [2.75, 3.05) is 25.1 Å². The van der Waals surface area contributed by atoms with E-state index >= 15 is 0 Å². The summed E-state index contributed by atoms with van der Waals surface area (Å²) in [6.07, 6.45) is 4.30. The van der Waals surface area contributed by atoms with Crippen molar-refractivity contribution in [1.82, 2.24) is 15.6 Å². The quantitative estimate of drug-likeness (QED) is 0.802. The maximum atomic E-state index is 12.1. The molecule has 0 aliphatic carbocycles. The average Bonchev–Trinajstić information content (AvgIpc) is 3.21. The zero-order chi connectivity index (χ0) is 18.2. The van der Waals surface area contributed by atoms with Gasteiger partial charge < -0.3 is 20.3 Å². The molecule has 1 aromatic carbocycles. The summed E-state index contributed by atoms with van der Waals surface area (Å²) >= 11 is 0. The Morgan fingerprint density at radius 1 is 1.08 bits per heavy atom. The number of pyridine rings is 1. The number of nitrogens with one attached hydrogen (secondary N) is 2. The van der Waals surface area contributed by atoms with Gasteiger partial charge in [-0.25, -0.2) is 9.78 Å². The first-order valence-electron chi connectivity index (χ1n) is 9.03. The van der Waals surface area contributed by atoms with Crippen molar-refractivity contribution >= 4 is 11.8 Å². The molecule has 1 aromatic heterocycles. The van der Waals surface area contributed by atoms with E-state index < -0.39 is 0 Å². The molecule has 6 nitrogen and oxygen atoms in total. The lowest BCUT2D eigenvalue weighted by Crippen LogP contribution is -2.34. The molecule has 0 spiro atoms. The number of benzene rings is 1. The van der Waals surface area contributed by atoms with Gasteiger partial charge in [-0.1, -0.05) is 30.3 Å². The Bertz CT molecular complexity index is 712. The fourth-order valence-corrected chi connectivity index (χ4v) is 3.10. The van der Waals surface area contributed by atoms with Crippen LogP contribution in [0.1, 0.15) is 29.5 Å². The van der Waals surface area contributed by atoms with Gasteiger partial charge in [0.05, 0.1) is 6.61 Å². The van der Waals surface area contributed by atoms with Crippen molar-refractivity contribution in [1.29, 1.82) is 0 Å². The number of methoxy groups -OCH3 is 1. The Labute approximate surface area is 154 Å². The number of hydrogen-bond acceptors (Lipinski definition) is 4. The van der Waals surface area contributed by atoms with Crippen LogP contribution in [-0.2, 0) is 24.4 Å². The van der Waals surface area contributed by atoms with E-state index in [0.29, 0.717) is 19.7 Å². The number of nitrogens with zero attached hydrogens (tertiary/aromatic N) is 2. The fourth-order valence-electron chi connectivity index (χ4n) is 3.10. The Balaban J connectivity index is 1.45. The fraction of sp³-hybridized carbons (Fsp3) is 0.400. The lowest BCUT2D eigenvalue weighted by Gasteiger charge is -2.16. The normalized spacial score (nSPS) is 13.7. The number of aromatic nitrogens is 1. The van der Waals surface area contributed by atoms with E-state index in [0.717, 1.165) is 35.6 Å². The third-order valence-electron chi connectivity index (χ3n) is 4.55. The summed E-state index contributed by atoms with van der Waals surface area (Å²) in [5.74, 6) is 1.02. The lowest BCUT2D eigenvalue weighted by molar-refractivity contribution is 0.184. The first-order chi connectivity index (χ1) is 12.8. The van der Waals surface area contributed by atoms with Gasteiger partial charge in [0.2, 0.25) is 0 Å². The van der Waals surface area contributed by atoms with Crippen LogP contribution >= 0.6 is 0 Å². The highest BCUT2D eigenvalue weighted by Gasteiger charge is 2.13. The third kappa shape index (κ3) is 4.95. The van der Waals surface area contributed by atoms with Gasteiger partial charge in [0.25, 0.3) is 0 Å². The molecular weight excluding hydrogens is 328 g/mol. The summed E-state index contributed by atoms with van der Waals surface area (Å²) in [6, 6.07) is 11.8. The van der Waals surface area contributed by atoms with Crippen LogP contribution in [0.3, 0.4) is 0 Å². The second-order valence-corrected chi connectivity index (χ2v) is 6.46. The molecule has 2 aromatic rings. The Hall–Kier alpha value is -2.60. The number of ether oxygens (including phenoxy) is 1. The van der Waals surface area contributed by atoms with E-state index in [1.807, 2.05) is 42.6 Å². The molecule has 138 valence electrons. The van der Waals surface area contributed by atoms with Crippen LogP contribution in [0.15, 0.2) is 42.6 Å². The van der Waals surface area contributed by atoms with Crippen LogP contribution in [0.25, 0.3) is 0 Å². The Morgan fingerprint density at radius 2 is 1.81 bits per heavy atom. The van der Waals surface area contributed by atoms with Gasteiger partial charge in [-0.05, 0) is 35.6 Å². The van der Waals surface area contributed by atoms with Gasteiger partial charge in [0.1, 0.15) is 5.82 Å². The standard InChI is InChI=1S/C20H26N4O2/c1-26-15-18-7-3-2-6-17(18)14-23-20(25)22-13-16-8-9-19(21-12-16)24-10-4-5-11-24/h2-3,6-9,12H,4-5,10-11,13-15H2,1H3,(H2,22,23,25). The zero-order valence-electron chi connectivity index (χ0n) is 15.2. The minimum atomic E-state index is -0.194. The molecule has 0 saturated carbocycles. The first-order valence-corrected chi connectivity index (χ1v) is 9.03. The van der Waals surface area contributed by atoms with Crippen molar-refractivity contribution in [3.8, 4) is 0 Å². The molecule has 3 rings (SSSR count). The maximum Gasteiger partial charge on any atom is 0.315 e. The molecule has 26 heavy (non-hydrogen) atoms. The Morgan fingerprint density at radius 3 is 2.50 bits per heavy atom. The van der Waals surface area contributed by atoms with Crippen LogP contribution < -0.4 is 15.5 Å². The number of hydrogen-bond donors (Lipinski definition) is 2. The molecule has 2 N–H and O–H groups in total. The molecule has 0 unspecified atom stereocenters. The molecular formula is C20H26N4O2. The van der Waals surface area contributed by atoms with Crippen molar-refractivity contribution in [3.63, 3.8) is 0 Å². The van der Waals surface area contributed by atoms with E-state index in [1.165, 1.54) is 12.8 Å². The third-order valence-corrected chi connectivity index (χ3v) is 4.55. The smallest absolute Gasteiger partial charge is 0.315 e. The van der Waals surface area contributed by atoms with Crippen LogP contribution in [0, 0.1) is 0 Å². The van der Waals surface area contributed by atoms with Crippen molar-refractivity contribution < 1.29 is 9.53 Å². The SMILES string of the molecule is COCc1ccccc1CNC(=O)NCc1ccc(N2CCCC2)nc1. The average molecular weight is 354 g/mol. The van der Waals surface area contributed by atoms with E-state index in [1.54, 1.807) is 7.11 Å². The number of amides is 2. The predicted molar refractivity (Wildman–Crippen MR) is 102 cm³/mol. The lowest BCUT2D eigenvalue weighted by atomic mass is 10.1. The van der Waals surface area contributed by atoms with E-state index in [2.05, 4.69) is 20.5 Å². The van der Waals surface area contributed by atoms with Crippen LogP contribution in [0.5, 0.6) is 0 Å². The minimum Gasteiger partial charge on any atom is -0.380 e. The molecule has 6 heteroatoms. The number of anilines is 1. The summed E-state index contributed by atoms with van der Waals surface area (Å²) in [5.41, 5.74) is 3.13. The van der Waals surface area contributed by atoms with Crippen molar-refractivity contribution in [3.05, 3.63) is 59.3 Å². The van der Waals surface area contributed by atoms with Gasteiger partial charge >= 0.3 is 6.03 Å². The number of urea groups is 1. The van der Waals surface area contributed by atoms with E-state index in [4.69, 9.17) is 4.74 Å². The summed E-state index contributed by atoms with van der Waals surface area (Å²) in [6.45, 7) is 3.62. The molecule has 2 heterocycles. The number of carbonyl (C=O) groups is 1. The second kappa shape index (κ2) is 9.20. The van der Waals surface area contributed by atoms with Crippen LogP contribution in [0.2, 0.25) is 0 Å². The molecule has 1 aliphatic heterocycles. The van der Waals surface area contributed by atoms with Gasteiger partial charge in [-0.15, -0.1) is 0 Å². The Kier molecular flexibility index (Phi) is 6.44. The van der Waals surface area contributed by atoms with Gasteiger partial charge in [-0.3, -0.25) is 0 Å². The highest BCUT2D eigenvalue weighted by molar-refractivity contribution is 5.73. The zero-order valence-corrected chi connectivity index (χ0v) is 15.2. The summed E-state index contributed by atoms with van der Waals surface area (Å²) in [5, 5.41) is 5.76. The molecule has 0 bridgehead atoms. The molecule has 1 aliphatic rings. The predicted octanol–water partition coefficient (Wildman–Crippen LogP) is 2.83. The van der Waals surface area contributed by atoms with Gasteiger partial charge in [0, 0.05) is 39.5 Å². The van der Waals surface area contributed by atoms with E-state index in [-0.39, 0.29) is 6.03 Å². The monoisotopic (exact) mass is 354 g/mol. The summed E-state index contributed by atoms with van der Waals surface area (Å²) in [4.78, 5) is 18.9. The van der Waals surface area contributed by atoms with E-state index in [9.17, 15) is 4.79 Å². The highest BCUT2D eigenvalue weighted by Crippen LogP contribution is 2.17. The van der Waals surface area contributed by atoms with Crippen molar-refractivity contribution in [2.24, 2.45) is 0 Å². The van der Waals surface area contributed by atoms with Crippen LogP contribution in [-0.4, -0.2) is 31.2 Å². The topological polar surface area (TPSA) is 66.5 Å². The molecule has 2 amide bonds. The summed E-state index contributed by atoms with van der Waals surface area (Å²) in [7, 11) is 1.67.